The van der Waals surface area contributed by atoms with E-state index >= 15 is 0 Å². The molecule has 0 aliphatic heterocycles. The fourth-order valence-corrected chi connectivity index (χ4v) is 0.745. The lowest BCUT2D eigenvalue weighted by Gasteiger charge is -2.05. The van der Waals surface area contributed by atoms with Crippen LogP contribution >= 0.6 is 11.6 Å². The Labute approximate surface area is 81.3 Å². The van der Waals surface area contributed by atoms with Crippen molar-refractivity contribution in [3.05, 3.63) is 17.5 Å². The van der Waals surface area contributed by atoms with E-state index in [1.165, 1.54) is 12.4 Å². The smallest absolute Gasteiger partial charge is 0.228 e. The molecule has 0 aliphatic rings. The molecule has 0 bridgehead atoms. The van der Waals surface area contributed by atoms with Crippen molar-refractivity contribution in [2.45, 2.75) is 13.8 Å². The lowest BCUT2D eigenvalue weighted by molar-refractivity contribution is -0.118. The Kier molecular flexibility index (Phi) is 3.19. The number of anilines is 1. The zero-order valence-corrected chi connectivity index (χ0v) is 8.17. The summed E-state index contributed by atoms with van der Waals surface area (Å²) in [5, 5.41) is 2.91. The second-order valence-corrected chi connectivity index (χ2v) is 3.26. The number of amides is 1. The first-order valence-electron chi connectivity index (χ1n) is 3.88. The second kappa shape index (κ2) is 4.18. The van der Waals surface area contributed by atoms with E-state index in [0.29, 0.717) is 11.0 Å². The summed E-state index contributed by atoms with van der Waals surface area (Å²) in [5.41, 5.74) is 0. The van der Waals surface area contributed by atoms with E-state index in [1.807, 2.05) is 0 Å². The highest BCUT2D eigenvalue weighted by atomic mass is 35.5. The largest absolute Gasteiger partial charge is 0.309 e. The third-order valence-corrected chi connectivity index (χ3v) is 1.59. The second-order valence-electron chi connectivity index (χ2n) is 2.87. The van der Waals surface area contributed by atoms with Crippen LogP contribution < -0.4 is 5.32 Å². The molecular weight excluding hydrogens is 190 g/mol. The van der Waals surface area contributed by atoms with Gasteiger partial charge in [0.05, 0.1) is 12.4 Å². The van der Waals surface area contributed by atoms with Crippen molar-refractivity contribution in [2.75, 3.05) is 5.32 Å². The van der Waals surface area contributed by atoms with Crippen LogP contribution in [0.2, 0.25) is 5.15 Å². The maximum absolute atomic E-state index is 11.2. The summed E-state index contributed by atoms with van der Waals surface area (Å²) in [7, 11) is 0. The predicted molar refractivity (Wildman–Crippen MR) is 50.5 cm³/mol. The number of halogens is 1. The summed E-state index contributed by atoms with van der Waals surface area (Å²) >= 11 is 5.52. The van der Waals surface area contributed by atoms with Crippen LogP contribution in [-0.2, 0) is 4.79 Å². The average molecular weight is 200 g/mol. The molecular formula is C8H10ClN3O. The van der Waals surface area contributed by atoms with Gasteiger partial charge in [-0.2, -0.15) is 0 Å². The van der Waals surface area contributed by atoms with Crippen molar-refractivity contribution in [3.63, 3.8) is 0 Å². The van der Waals surface area contributed by atoms with Crippen LogP contribution in [0.4, 0.5) is 5.82 Å². The molecule has 0 saturated heterocycles. The van der Waals surface area contributed by atoms with Crippen molar-refractivity contribution in [2.24, 2.45) is 5.92 Å². The number of rotatable bonds is 2. The molecule has 0 radical (unpaired) electrons. The predicted octanol–water partition coefficient (Wildman–Crippen LogP) is 1.72. The molecule has 0 aliphatic carbocycles. The van der Waals surface area contributed by atoms with Gasteiger partial charge in [0.15, 0.2) is 5.82 Å². The molecule has 4 nitrogen and oxygen atoms in total. The van der Waals surface area contributed by atoms with E-state index in [0.717, 1.165) is 0 Å². The molecule has 1 N–H and O–H groups in total. The maximum Gasteiger partial charge on any atom is 0.228 e. The quantitative estimate of drug-likeness (QED) is 0.789. The lowest BCUT2D eigenvalue weighted by Crippen LogP contribution is -2.18. The summed E-state index contributed by atoms with van der Waals surface area (Å²) in [4.78, 5) is 18.8. The minimum absolute atomic E-state index is 0.0718. The van der Waals surface area contributed by atoms with Gasteiger partial charge in [-0.1, -0.05) is 25.4 Å². The minimum atomic E-state index is -0.0865. The maximum atomic E-state index is 11.2. The van der Waals surface area contributed by atoms with Crippen molar-refractivity contribution in [1.29, 1.82) is 0 Å². The average Bonchev–Trinajstić information content (AvgIpc) is 2.08. The molecule has 1 aromatic heterocycles. The van der Waals surface area contributed by atoms with Crippen LogP contribution in [0, 0.1) is 5.92 Å². The normalized spacial score (nSPS) is 10.2. The van der Waals surface area contributed by atoms with Crippen molar-refractivity contribution >= 4 is 23.3 Å². The Hall–Kier alpha value is -1.16. The van der Waals surface area contributed by atoms with E-state index in [-0.39, 0.29) is 11.8 Å². The molecule has 1 amide bonds. The van der Waals surface area contributed by atoms with Gasteiger partial charge in [-0.3, -0.25) is 4.79 Å². The summed E-state index contributed by atoms with van der Waals surface area (Å²) in [5.74, 6) is 0.261. The Morgan fingerprint density at radius 1 is 1.46 bits per heavy atom. The Balaban J connectivity index is 2.65. The summed E-state index contributed by atoms with van der Waals surface area (Å²) in [6.45, 7) is 3.61. The van der Waals surface area contributed by atoms with Gasteiger partial charge in [-0.15, -0.1) is 0 Å². The molecule has 0 saturated carbocycles. The highest BCUT2D eigenvalue weighted by molar-refractivity contribution is 6.29. The molecule has 1 heterocycles. The number of aromatic nitrogens is 2. The highest BCUT2D eigenvalue weighted by Gasteiger charge is 2.07. The van der Waals surface area contributed by atoms with Gasteiger partial charge in [-0.25, -0.2) is 9.97 Å². The first kappa shape index (κ1) is 9.92. The molecule has 0 fully saturated rings. The Morgan fingerprint density at radius 2 is 2.15 bits per heavy atom. The van der Waals surface area contributed by atoms with E-state index in [1.54, 1.807) is 13.8 Å². The van der Waals surface area contributed by atoms with Gasteiger partial charge in [0, 0.05) is 5.92 Å². The molecule has 1 rings (SSSR count). The number of nitrogens with one attached hydrogen (secondary N) is 1. The summed E-state index contributed by atoms with van der Waals surface area (Å²) in [6, 6.07) is 0. The molecule has 13 heavy (non-hydrogen) atoms. The van der Waals surface area contributed by atoms with Crippen molar-refractivity contribution in [1.82, 2.24) is 9.97 Å². The number of carbonyl (C=O) groups excluding carboxylic acids is 1. The molecule has 70 valence electrons. The van der Waals surface area contributed by atoms with E-state index in [4.69, 9.17) is 11.6 Å². The van der Waals surface area contributed by atoms with E-state index < -0.39 is 0 Å². The minimum Gasteiger partial charge on any atom is -0.309 e. The molecule has 5 heteroatoms. The van der Waals surface area contributed by atoms with Crippen molar-refractivity contribution in [3.8, 4) is 0 Å². The van der Waals surface area contributed by atoms with Gasteiger partial charge in [0.2, 0.25) is 5.91 Å². The monoisotopic (exact) mass is 199 g/mol. The number of nitrogens with zero attached hydrogens (tertiary/aromatic N) is 2. The van der Waals surface area contributed by atoms with Crippen LogP contribution in [0.15, 0.2) is 12.4 Å². The van der Waals surface area contributed by atoms with Crippen LogP contribution in [0.25, 0.3) is 0 Å². The number of hydrogen-bond donors (Lipinski definition) is 1. The summed E-state index contributed by atoms with van der Waals surface area (Å²) in [6.07, 6.45) is 2.81. The van der Waals surface area contributed by atoms with Crippen LogP contribution in [-0.4, -0.2) is 15.9 Å². The fourth-order valence-electron chi connectivity index (χ4n) is 0.647. The van der Waals surface area contributed by atoms with E-state index in [2.05, 4.69) is 15.3 Å². The molecule has 1 aromatic rings. The van der Waals surface area contributed by atoms with Crippen molar-refractivity contribution < 1.29 is 4.79 Å². The first-order chi connectivity index (χ1) is 6.09. The first-order valence-corrected chi connectivity index (χ1v) is 4.26. The van der Waals surface area contributed by atoms with Crippen LogP contribution in [0.3, 0.4) is 0 Å². The fraction of sp³-hybridized carbons (Fsp3) is 0.375. The van der Waals surface area contributed by atoms with E-state index in [9.17, 15) is 4.79 Å². The topological polar surface area (TPSA) is 54.9 Å². The highest BCUT2D eigenvalue weighted by Crippen LogP contribution is 2.06. The number of hydrogen-bond acceptors (Lipinski definition) is 3. The van der Waals surface area contributed by atoms with Crippen LogP contribution in [0.5, 0.6) is 0 Å². The van der Waals surface area contributed by atoms with Gasteiger partial charge in [0.25, 0.3) is 0 Å². The SMILES string of the molecule is CC(C)C(=O)Nc1cnc(Cl)cn1. The third kappa shape index (κ3) is 2.99. The molecule has 0 unspecified atom stereocenters. The molecule has 0 atom stereocenters. The number of carbonyl (C=O) groups is 1. The Morgan fingerprint density at radius 3 is 2.62 bits per heavy atom. The summed E-state index contributed by atoms with van der Waals surface area (Å²) < 4.78 is 0. The zero-order valence-electron chi connectivity index (χ0n) is 7.41. The standard InChI is InChI=1S/C8H10ClN3O/c1-5(2)8(13)12-7-4-10-6(9)3-11-7/h3-5H,1-2H3,(H,11,12,13). The molecule has 0 spiro atoms. The Bertz CT molecular complexity index is 297. The lowest BCUT2D eigenvalue weighted by atomic mass is 10.2. The van der Waals surface area contributed by atoms with Gasteiger partial charge < -0.3 is 5.32 Å². The van der Waals surface area contributed by atoms with Crippen LogP contribution in [0.1, 0.15) is 13.8 Å². The third-order valence-electron chi connectivity index (χ3n) is 1.40. The zero-order chi connectivity index (χ0) is 9.84. The van der Waals surface area contributed by atoms with Gasteiger partial charge >= 0.3 is 0 Å². The van der Waals surface area contributed by atoms with Gasteiger partial charge in [-0.05, 0) is 0 Å². The van der Waals surface area contributed by atoms with Gasteiger partial charge in [0.1, 0.15) is 5.15 Å². The molecule has 0 aromatic carbocycles.